The molecule has 0 bridgehead atoms. The fraction of sp³-hybridized carbons (Fsp3) is 0.389. The molecular weight excluding hydrogens is 320 g/mol. The van der Waals surface area contributed by atoms with E-state index in [0.29, 0.717) is 25.9 Å². The first-order valence-corrected chi connectivity index (χ1v) is 8.43. The molecule has 3 rings (SSSR count). The van der Waals surface area contributed by atoms with E-state index in [1.54, 1.807) is 11.1 Å². The molecule has 0 saturated carbocycles. The first kappa shape index (κ1) is 17.0. The van der Waals surface area contributed by atoms with Crippen LogP contribution in [0.5, 0.6) is 0 Å². The number of imidazole rings is 1. The molecule has 0 fully saturated rings. The molecule has 2 heterocycles. The first-order valence-electron chi connectivity index (χ1n) is 8.43. The molecule has 1 aromatic heterocycles. The Balaban J connectivity index is 1.62. The summed E-state index contributed by atoms with van der Waals surface area (Å²) in [5.74, 6) is 0.0128. The SMILES string of the molecule is O=C(O)CCC(Cc1ccccc1)NC(=O)N1CCn2ccnc2C1. The van der Waals surface area contributed by atoms with Crippen LogP contribution in [0.3, 0.4) is 0 Å². The number of carboxylic acids is 1. The number of hydrogen-bond donors (Lipinski definition) is 2. The monoisotopic (exact) mass is 342 g/mol. The van der Waals surface area contributed by atoms with Crippen LogP contribution in [-0.4, -0.2) is 44.1 Å². The van der Waals surface area contributed by atoms with E-state index in [-0.39, 0.29) is 18.5 Å². The van der Waals surface area contributed by atoms with Crippen LogP contribution in [0.4, 0.5) is 4.79 Å². The number of nitrogens with zero attached hydrogens (tertiary/aromatic N) is 3. The lowest BCUT2D eigenvalue weighted by atomic mass is 10.0. The summed E-state index contributed by atoms with van der Waals surface area (Å²) in [5.41, 5.74) is 1.08. The van der Waals surface area contributed by atoms with Crippen molar-refractivity contribution in [3.8, 4) is 0 Å². The molecule has 2 N–H and O–H groups in total. The van der Waals surface area contributed by atoms with Crippen molar-refractivity contribution in [1.29, 1.82) is 0 Å². The van der Waals surface area contributed by atoms with E-state index in [4.69, 9.17) is 5.11 Å². The van der Waals surface area contributed by atoms with Gasteiger partial charge in [-0.15, -0.1) is 0 Å². The topological polar surface area (TPSA) is 87.5 Å². The van der Waals surface area contributed by atoms with Gasteiger partial charge < -0.3 is 19.9 Å². The van der Waals surface area contributed by atoms with Crippen molar-refractivity contribution in [1.82, 2.24) is 19.8 Å². The Bertz CT molecular complexity index is 729. The normalized spacial score (nSPS) is 14.6. The molecule has 2 aromatic rings. The first-order chi connectivity index (χ1) is 12.1. The van der Waals surface area contributed by atoms with Crippen LogP contribution in [0.2, 0.25) is 0 Å². The van der Waals surface area contributed by atoms with Gasteiger partial charge in [-0.05, 0) is 18.4 Å². The second kappa shape index (κ2) is 7.83. The van der Waals surface area contributed by atoms with E-state index in [1.165, 1.54) is 0 Å². The van der Waals surface area contributed by atoms with E-state index in [0.717, 1.165) is 17.9 Å². The Hall–Kier alpha value is -2.83. The highest BCUT2D eigenvalue weighted by Crippen LogP contribution is 2.12. The quantitative estimate of drug-likeness (QED) is 0.839. The van der Waals surface area contributed by atoms with E-state index in [1.807, 2.05) is 41.1 Å². The Morgan fingerprint density at radius 3 is 2.80 bits per heavy atom. The Labute approximate surface area is 146 Å². The summed E-state index contributed by atoms with van der Waals surface area (Å²) < 4.78 is 2.04. The van der Waals surface area contributed by atoms with Crippen molar-refractivity contribution >= 4 is 12.0 Å². The van der Waals surface area contributed by atoms with Crippen molar-refractivity contribution < 1.29 is 14.7 Å². The fourth-order valence-corrected chi connectivity index (χ4v) is 3.03. The lowest BCUT2D eigenvalue weighted by Crippen LogP contribution is -2.48. The van der Waals surface area contributed by atoms with Crippen LogP contribution < -0.4 is 5.32 Å². The minimum atomic E-state index is -0.854. The summed E-state index contributed by atoms with van der Waals surface area (Å²) in [5, 5.41) is 12.0. The van der Waals surface area contributed by atoms with Gasteiger partial charge in [0, 0.05) is 37.9 Å². The number of amides is 2. The average Bonchev–Trinajstić information content (AvgIpc) is 3.08. The van der Waals surface area contributed by atoms with Crippen LogP contribution in [0.15, 0.2) is 42.7 Å². The van der Waals surface area contributed by atoms with Gasteiger partial charge in [0.15, 0.2) is 0 Å². The molecule has 0 radical (unpaired) electrons. The lowest BCUT2D eigenvalue weighted by Gasteiger charge is -2.30. The number of hydrogen-bond acceptors (Lipinski definition) is 3. The van der Waals surface area contributed by atoms with Gasteiger partial charge in [0.25, 0.3) is 0 Å². The molecule has 1 atom stereocenters. The van der Waals surface area contributed by atoms with Crippen LogP contribution >= 0.6 is 0 Å². The number of carbonyl (C=O) groups excluding carboxylic acids is 1. The number of nitrogens with one attached hydrogen (secondary N) is 1. The third-order valence-corrected chi connectivity index (χ3v) is 4.39. The molecule has 1 aliphatic rings. The van der Waals surface area contributed by atoms with Gasteiger partial charge in [-0.1, -0.05) is 30.3 Å². The molecule has 1 aliphatic heterocycles. The summed E-state index contributed by atoms with van der Waals surface area (Å²) in [6, 6.07) is 9.40. The number of carboxylic acid groups (broad SMARTS) is 1. The zero-order valence-electron chi connectivity index (χ0n) is 14.0. The molecule has 0 spiro atoms. The Morgan fingerprint density at radius 2 is 2.04 bits per heavy atom. The van der Waals surface area contributed by atoms with Crippen LogP contribution in [0.1, 0.15) is 24.2 Å². The molecule has 7 nitrogen and oxygen atoms in total. The van der Waals surface area contributed by atoms with E-state index >= 15 is 0 Å². The molecule has 25 heavy (non-hydrogen) atoms. The van der Waals surface area contributed by atoms with Crippen molar-refractivity contribution in [2.24, 2.45) is 0 Å². The molecular formula is C18H22N4O3. The summed E-state index contributed by atoms with van der Waals surface area (Å²) in [4.78, 5) is 29.5. The van der Waals surface area contributed by atoms with Gasteiger partial charge in [-0.25, -0.2) is 9.78 Å². The van der Waals surface area contributed by atoms with Gasteiger partial charge in [-0.3, -0.25) is 4.79 Å². The maximum atomic E-state index is 12.6. The molecule has 2 amide bonds. The zero-order valence-corrected chi connectivity index (χ0v) is 14.0. The van der Waals surface area contributed by atoms with Crippen molar-refractivity contribution in [3.63, 3.8) is 0 Å². The van der Waals surface area contributed by atoms with Gasteiger partial charge in [-0.2, -0.15) is 0 Å². The minimum Gasteiger partial charge on any atom is -0.481 e. The van der Waals surface area contributed by atoms with Crippen molar-refractivity contribution in [2.75, 3.05) is 6.54 Å². The molecule has 0 saturated heterocycles. The zero-order chi connectivity index (χ0) is 17.6. The van der Waals surface area contributed by atoms with E-state index in [9.17, 15) is 9.59 Å². The lowest BCUT2D eigenvalue weighted by molar-refractivity contribution is -0.137. The largest absolute Gasteiger partial charge is 0.481 e. The third-order valence-electron chi connectivity index (χ3n) is 4.39. The van der Waals surface area contributed by atoms with Crippen LogP contribution in [-0.2, 0) is 24.3 Å². The Morgan fingerprint density at radius 1 is 1.24 bits per heavy atom. The van der Waals surface area contributed by atoms with Crippen molar-refractivity contribution in [3.05, 3.63) is 54.1 Å². The van der Waals surface area contributed by atoms with Gasteiger partial charge in [0.2, 0.25) is 0 Å². The highest BCUT2D eigenvalue weighted by molar-refractivity contribution is 5.74. The van der Waals surface area contributed by atoms with Gasteiger partial charge in [0.1, 0.15) is 5.82 Å². The molecule has 7 heteroatoms. The number of carbonyl (C=O) groups is 2. The summed E-state index contributed by atoms with van der Waals surface area (Å²) in [6.07, 6.45) is 4.69. The molecule has 132 valence electrons. The standard InChI is InChI=1S/C18H22N4O3/c23-17(24)7-6-15(12-14-4-2-1-3-5-14)20-18(25)22-11-10-21-9-8-19-16(21)13-22/h1-5,8-9,15H,6-7,10-13H2,(H,20,25)(H,23,24). The predicted octanol–water partition coefficient (Wildman–Crippen LogP) is 1.88. The average molecular weight is 342 g/mol. The highest BCUT2D eigenvalue weighted by atomic mass is 16.4. The number of aliphatic carboxylic acids is 1. The number of aromatic nitrogens is 2. The number of rotatable bonds is 6. The summed E-state index contributed by atoms with van der Waals surface area (Å²) in [6.45, 7) is 1.81. The summed E-state index contributed by atoms with van der Waals surface area (Å²) >= 11 is 0. The number of fused-ring (bicyclic) bond motifs is 1. The maximum absolute atomic E-state index is 12.6. The highest BCUT2D eigenvalue weighted by Gasteiger charge is 2.23. The van der Waals surface area contributed by atoms with E-state index < -0.39 is 5.97 Å². The van der Waals surface area contributed by atoms with Crippen LogP contribution in [0.25, 0.3) is 0 Å². The molecule has 1 unspecified atom stereocenters. The number of urea groups is 1. The Kier molecular flexibility index (Phi) is 5.33. The predicted molar refractivity (Wildman–Crippen MR) is 92.0 cm³/mol. The van der Waals surface area contributed by atoms with Gasteiger partial charge in [0.05, 0.1) is 6.54 Å². The van der Waals surface area contributed by atoms with Crippen LogP contribution in [0, 0.1) is 0 Å². The van der Waals surface area contributed by atoms with E-state index in [2.05, 4.69) is 10.3 Å². The maximum Gasteiger partial charge on any atom is 0.318 e. The number of benzene rings is 1. The second-order valence-electron chi connectivity index (χ2n) is 6.23. The third kappa shape index (κ3) is 4.59. The summed E-state index contributed by atoms with van der Waals surface area (Å²) in [7, 11) is 0. The molecule has 1 aromatic carbocycles. The second-order valence-corrected chi connectivity index (χ2v) is 6.23. The van der Waals surface area contributed by atoms with Crippen molar-refractivity contribution in [2.45, 2.75) is 38.4 Å². The molecule has 0 aliphatic carbocycles. The smallest absolute Gasteiger partial charge is 0.318 e. The fourth-order valence-electron chi connectivity index (χ4n) is 3.03. The minimum absolute atomic E-state index is 0.0299. The van der Waals surface area contributed by atoms with Gasteiger partial charge >= 0.3 is 12.0 Å².